The summed E-state index contributed by atoms with van der Waals surface area (Å²) in [6.07, 6.45) is 2.71. The summed E-state index contributed by atoms with van der Waals surface area (Å²) in [6.45, 7) is 2.34. The predicted octanol–water partition coefficient (Wildman–Crippen LogP) is 1.69. The van der Waals surface area contributed by atoms with Crippen LogP contribution in [0.1, 0.15) is 19.8 Å². The van der Waals surface area contributed by atoms with Gasteiger partial charge in [0.1, 0.15) is 0 Å². The minimum absolute atomic E-state index is 0.0712. The fourth-order valence-corrected chi connectivity index (χ4v) is 1.83. The van der Waals surface area contributed by atoms with Gasteiger partial charge in [-0.25, -0.2) is 0 Å². The number of ether oxygens (including phenoxy) is 1. The van der Waals surface area contributed by atoms with Crippen molar-refractivity contribution in [2.75, 3.05) is 18.1 Å². The van der Waals surface area contributed by atoms with Crippen LogP contribution in [0.15, 0.2) is 0 Å². The smallest absolute Gasteiger partial charge is 0.315 e. The molecule has 0 bridgehead atoms. The Morgan fingerprint density at radius 2 is 2.36 bits per heavy atom. The second-order valence-corrected chi connectivity index (χ2v) is 3.79. The summed E-state index contributed by atoms with van der Waals surface area (Å²) >= 11 is 1.70. The molecule has 1 aliphatic carbocycles. The summed E-state index contributed by atoms with van der Waals surface area (Å²) in [5.41, 5.74) is 0. The number of thioether (sulfide) groups is 1. The Balaban J connectivity index is 1.88. The first-order valence-electron chi connectivity index (χ1n) is 4.06. The van der Waals surface area contributed by atoms with Gasteiger partial charge < -0.3 is 4.74 Å². The highest BCUT2D eigenvalue weighted by atomic mass is 32.2. The van der Waals surface area contributed by atoms with Gasteiger partial charge in [0.15, 0.2) is 0 Å². The summed E-state index contributed by atoms with van der Waals surface area (Å²) in [5.74, 6) is 2.50. The van der Waals surface area contributed by atoms with Crippen molar-refractivity contribution >= 4 is 17.7 Å². The largest absolute Gasteiger partial charge is 0.465 e. The first-order chi connectivity index (χ1) is 5.33. The molecule has 0 N–H and O–H groups in total. The van der Waals surface area contributed by atoms with E-state index in [1.165, 1.54) is 12.8 Å². The van der Waals surface area contributed by atoms with Crippen LogP contribution in [0, 0.1) is 5.92 Å². The van der Waals surface area contributed by atoms with Crippen molar-refractivity contribution in [1.29, 1.82) is 0 Å². The first kappa shape index (κ1) is 8.91. The molecule has 0 heterocycles. The fraction of sp³-hybridized carbons (Fsp3) is 0.875. The van der Waals surface area contributed by atoms with Crippen LogP contribution in [-0.2, 0) is 9.53 Å². The molecule has 0 aromatic rings. The minimum atomic E-state index is -0.0712. The highest BCUT2D eigenvalue weighted by molar-refractivity contribution is 7.99. The monoisotopic (exact) mass is 174 g/mol. The number of hydrogen-bond acceptors (Lipinski definition) is 3. The van der Waals surface area contributed by atoms with E-state index in [9.17, 15) is 4.79 Å². The fourth-order valence-electron chi connectivity index (χ4n) is 0.796. The van der Waals surface area contributed by atoms with Crippen molar-refractivity contribution < 1.29 is 9.53 Å². The van der Waals surface area contributed by atoms with Crippen molar-refractivity contribution in [2.24, 2.45) is 5.92 Å². The molecule has 0 spiro atoms. The molecule has 64 valence electrons. The number of esters is 1. The Morgan fingerprint density at radius 3 is 2.91 bits per heavy atom. The molecule has 1 fully saturated rings. The quantitative estimate of drug-likeness (QED) is 0.593. The molecule has 0 aromatic carbocycles. The Hall–Kier alpha value is -0.180. The van der Waals surface area contributed by atoms with Crippen molar-refractivity contribution in [1.82, 2.24) is 0 Å². The van der Waals surface area contributed by atoms with Crippen LogP contribution in [-0.4, -0.2) is 24.1 Å². The molecule has 1 saturated carbocycles. The van der Waals surface area contributed by atoms with E-state index in [0.717, 1.165) is 11.7 Å². The van der Waals surface area contributed by atoms with Crippen molar-refractivity contribution in [3.8, 4) is 0 Å². The number of hydrogen-bond donors (Lipinski definition) is 0. The summed E-state index contributed by atoms with van der Waals surface area (Å²) in [6, 6.07) is 0. The van der Waals surface area contributed by atoms with Crippen molar-refractivity contribution in [3.63, 3.8) is 0 Å². The lowest BCUT2D eigenvalue weighted by Crippen LogP contribution is -2.07. The third-order valence-electron chi connectivity index (χ3n) is 1.58. The van der Waals surface area contributed by atoms with E-state index in [0.29, 0.717) is 12.4 Å². The Kier molecular flexibility index (Phi) is 3.77. The van der Waals surface area contributed by atoms with Gasteiger partial charge >= 0.3 is 5.97 Å². The van der Waals surface area contributed by atoms with Gasteiger partial charge in [-0.3, -0.25) is 4.79 Å². The van der Waals surface area contributed by atoms with Gasteiger partial charge in [0, 0.05) is 0 Å². The zero-order chi connectivity index (χ0) is 8.10. The molecule has 0 aromatic heterocycles. The summed E-state index contributed by atoms with van der Waals surface area (Å²) in [4.78, 5) is 10.8. The summed E-state index contributed by atoms with van der Waals surface area (Å²) in [7, 11) is 0. The molecule has 3 heteroatoms. The number of carbonyl (C=O) groups is 1. The molecular weight excluding hydrogens is 160 g/mol. The third kappa shape index (κ3) is 4.30. The molecular formula is C8H14O2S. The molecule has 1 rings (SSSR count). The zero-order valence-electron chi connectivity index (χ0n) is 6.84. The summed E-state index contributed by atoms with van der Waals surface area (Å²) in [5, 5.41) is 0. The van der Waals surface area contributed by atoms with Crippen molar-refractivity contribution in [3.05, 3.63) is 0 Å². The van der Waals surface area contributed by atoms with E-state index in [4.69, 9.17) is 4.74 Å². The Morgan fingerprint density at radius 1 is 1.64 bits per heavy atom. The van der Waals surface area contributed by atoms with Crippen LogP contribution in [0.3, 0.4) is 0 Å². The molecule has 0 atom stereocenters. The molecule has 0 aliphatic heterocycles. The normalized spacial score (nSPS) is 16.5. The van der Waals surface area contributed by atoms with Crippen LogP contribution in [0.5, 0.6) is 0 Å². The Bertz CT molecular complexity index is 132. The number of rotatable bonds is 5. The van der Waals surface area contributed by atoms with E-state index < -0.39 is 0 Å². The van der Waals surface area contributed by atoms with Crippen LogP contribution < -0.4 is 0 Å². The van der Waals surface area contributed by atoms with Gasteiger partial charge in [0.05, 0.1) is 12.4 Å². The molecule has 2 nitrogen and oxygen atoms in total. The minimum Gasteiger partial charge on any atom is -0.465 e. The van der Waals surface area contributed by atoms with Gasteiger partial charge in [-0.15, -0.1) is 11.8 Å². The Labute approximate surface area is 71.7 Å². The van der Waals surface area contributed by atoms with E-state index in [2.05, 4.69) is 0 Å². The van der Waals surface area contributed by atoms with Crippen LogP contribution in [0.4, 0.5) is 0 Å². The second-order valence-electron chi connectivity index (χ2n) is 2.76. The van der Waals surface area contributed by atoms with E-state index in [-0.39, 0.29) is 5.97 Å². The molecule has 0 unspecified atom stereocenters. The van der Waals surface area contributed by atoms with Gasteiger partial charge in [-0.05, 0) is 31.4 Å². The molecule has 0 saturated heterocycles. The van der Waals surface area contributed by atoms with E-state index in [1.54, 1.807) is 11.8 Å². The van der Waals surface area contributed by atoms with Gasteiger partial charge in [0.25, 0.3) is 0 Å². The SMILES string of the molecule is CCOC(=O)CSCC1CC1. The lowest BCUT2D eigenvalue weighted by molar-refractivity contribution is -0.139. The van der Waals surface area contributed by atoms with Crippen molar-refractivity contribution in [2.45, 2.75) is 19.8 Å². The van der Waals surface area contributed by atoms with Gasteiger partial charge in [0.2, 0.25) is 0 Å². The van der Waals surface area contributed by atoms with E-state index >= 15 is 0 Å². The standard InChI is InChI=1S/C8H14O2S/c1-2-10-8(9)6-11-5-7-3-4-7/h7H,2-6H2,1H3. The highest BCUT2D eigenvalue weighted by Crippen LogP contribution is 2.32. The molecule has 0 radical (unpaired) electrons. The molecule has 0 amide bonds. The first-order valence-corrected chi connectivity index (χ1v) is 5.21. The van der Waals surface area contributed by atoms with Gasteiger partial charge in [-0.1, -0.05) is 0 Å². The van der Waals surface area contributed by atoms with Crippen LogP contribution in [0.2, 0.25) is 0 Å². The molecule has 11 heavy (non-hydrogen) atoms. The zero-order valence-corrected chi connectivity index (χ0v) is 7.65. The average Bonchev–Trinajstić information content (AvgIpc) is 2.72. The summed E-state index contributed by atoms with van der Waals surface area (Å²) < 4.78 is 4.78. The van der Waals surface area contributed by atoms with Crippen LogP contribution in [0.25, 0.3) is 0 Å². The van der Waals surface area contributed by atoms with E-state index in [1.807, 2.05) is 6.92 Å². The lowest BCUT2D eigenvalue weighted by Gasteiger charge is -1.99. The lowest BCUT2D eigenvalue weighted by atomic mass is 10.5. The maximum atomic E-state index is 10.8. The second kappa shape index (κ2) is 4.65. The maximum absolute atomic E-state index is 10.8. The highest BCUT2D eigenvalue weighted by Gasteiger charge is 2.21. The van der Waals surface area contributed by atoms with Gasteiger partial charge in [-0.2, -0.15) is 0 Å². The molecule has 1 aliphatic rings. The topological polar surface area (TPSA) is 26.3 Å². The predicted molar refractivity (Wildman–Crippen MR) is 46.7 cm³/mol. The average molecular weight is 174 g/mol. The van der Waals surface area contributed by atoms with Crippen LogP contribution >= 0.6 is 11.8 Å². The maximum Gasteiger partial charge on any atom is 0.315 e. The third-order valence-corrected chi connectivity index (χ3v) is 2.72. The number of carbonyl (C=O) groups excluding carboxylic acids is 1.